The number of halogens is 1. The minimum atomic E-state index is -1.31. The summed E-state index contributed by atoms with van der Waals surface area (Å²) in [4.78, 5) is 81.9. The van der Waals surface area contributed by atoms with Gasteiger partial charge in [0.1, 0.15) is 24.1 Å². The Bertz CT molecular complexity index is 2220. The quantitative estimate of drug-likeness (QED) is 0.101. The first kappa shape index (κ1) is 44.7. The molecule has 1 aromatic carbocycles. The number of fused-ring (bicyclic) bond motifs is 1. The number of nitrogens with one attached hydrogen (secondary N) is 2. The molecular weight excluding hydrogens is 785 g/mol. The summed E-state index contributed by atoms with van der Waals surface area (Å²) in [6.45, 7) is 11.0. The molecule has 0 aliphatic carbocycles. The molecule has 5 rings (SSSR count). The Kier molecular flexibility index (Phi) is 14.3. The minimum absolute atomic E-state index is 0.00463. The van der Waals surface area contributed by atoms with Gasteiger partial charge in [0.25, 0.3) is 11.8 Å². The van der Waals surface area contributed by atoms with E-state index in [4.69, 9.17) is 30.4 Å². The van der Waals surface area contributed by atoms with E-state index in [0.29, 0.717) is 11.3 Å². The molecule has 322 valence electrons. The molecule has 3 aromatic heterocycles. The predicted octanol–water partition coefficient (Wildman–Crippen LogP) is 0.786. The van der Waals surface area contributed by atoms with Gasteiger partial charge in [-0.15, -0.1) is 5.10 Å². The second-order valence-electron chi connectivity index (χ2n) is 15.8. The summed E-state index contributed by atoms with van der Waals surface area (Å²) < 4.78 is 27.2. The Hall–Kier alpha value is -6.35. The van der Waals surface area contributed by atoms with Gasteiger partial charge in [0.2, 0.25) is 17.7 Å². The normalized spacial score (nSPS) is 14.5. The average Bonchev–Trinajstić information content (AvgIpc) is 3.83. The fourth-order valence-corrected chi connectivity index (χ4v) is 6.49. The lowest BCUT2D eigenvalue weighted by molar-refractivity contribution is -0.140. The largest absolute Gasteiger partial charge is 0.481 e. The topological polar surface area (TPSA) is 259 Å². The zero-order valence-corrected chi connectivity index (χ0v) is 34.1. The van der Waals surface area contributed by atoms with Gasteiger partial charge in [-0.2, -0.15) is 5.10 Å². The summed E-state index contributed by atoms with van der Waals surface area (Å²) in [6, 6.07) is 6.65. The number of carboxylic acids is 1. The van der Waals surface area contributed by atoms with Crippen LogP contribution in [0.25, 0.3) is 16.9 Å². The summed E-state index contributed by atoms with van der Waals surface area (Å²) in [5.41, 5.74) is 6.94. The first-order chi connectivity index (χ1) is 28.3. The lowest BCUT2D eigenvalue weighted by Crippen LogP contribution is -2.62. The second-order valence-corrected chi connectivity index (χ2v) is 15.8. The molecule has 1 atom stereocenters. The molecule has 1 aliphatic rings. The molecule has 1 fully saturated rings. The molecule has 0 radical (unpaired) electrons. The SMILES string of the molecule is CC(C)(C)c1cc(-c2ccc(F)cc2)nn2cc(C(=O)N3CCN(C(=O)c4cn(CC(=O)NCCOCCOCCC(=O)N[C@@H](CC(=O)O)C(N)=O)nn4)CC3(C)C)nc12. The number of imidazole rings is 1. The fourth-order valence-electron chi connectivity index (χ4n) is 6.49. The van der Waals surface area contributed by atoms with Crippen molar-refractivity contribution >= 4 is 41.2 Å². The van der Waals surface area contributed by atoms with E-state index in [1.165, 1.54) is 23.0 Å². The van der Waals surface area contributed by atoms with Crippen LogP contribution in [0.1, 0.15) is 74.0 Å². The van der Waals surface area contributed by atoms with Gasteiger partial charge in [0.05, 0.1) is 56.5 Å². The molecule has 60 heavy (non-hydrogen) atoms. The van der Waals surface area contributed by atoms with Crippen LogP contribution in [0.3, 0.4) is 0 Å². The third-order valence-electron chi connectivity index (χ3n) is 9.56. The van der Waals surface area contributed by atoms with Gasteiger partial charge in [0.15, 0.2) is 11.3 Å². The second kappa shape index (κ2) is 19.1. The smallest absolute Gasteiger partial charge is 0.305 e. The predicted molar refractivity (Wildman–Crippen MR) is 211 cm³/mol. The Morgan fingerprint density at radius 2 is 1.65 bits per heavy atom. The summed E-state index contributed by atoms with van der Waals surface area (Å²) in [5.74, 6) is -4.27. The molecule has 5 amide bonds. The Labute approximate surface area is 344 Å². The van der Waals surface area contributed by atoms with Crippen molar-refractivity contribution in [3.63, 3.8) is 0 Å². The van der Waals surface area contributed by atoms with Crippen molar-refractivity contribution < 1.29 is 47.7 Å². The number of amides is 5. The average molecular weight is 836 g/mol. The highest BCUT2D eigenvalue weighted by atomic mass is 19.1. The first-order valence-corrected chi connectivity index (χ1v) is 19.2. The highest BCUT2D eigenvalue weighted by Gasteiger charge is 2.40. The molecule has 20 nitrogen and oxygen atoms in total. The van der Waals surface area contributed by atoms with Crippen molar-refractivity contribution in [2.45, 2.75) is 71.0 Å². The van der Waals surface area contributed by atoms with Crippen LogP contribution in [-0.2, 0) is 40.6 Å². The summed E-state index contributed by atoms with van der Waals surface area (Å²) >= 11 is 0. The van der Waals surface area contributed by atoms with Crippen LogP contribution in [0.2, 0.25) is 0 Å². The van der Waals surface area contributed by atoms with E-state index in [1.807, 2.05) is 40.7 Å². The maximum atomic E-state index is 14.0. The molecule has 0 spiro atoms. The van der Waals surface area contributed by atoms with E-state index >= 15 is 0 Å². The van der Waals surface area contributed by atoms with Crippen LogP contribution in [0.4, 0.5) is 4.39 Å². The number of ether oxygens (including phenoxy) is 2. The van der Waals surface area contributed by atoms with Gasteiger partial charge in [-0.05, 0) is 49.6 Å². The fraction of sp³-hybridized carbons (Fsp3) is 0.487. The number of hydrogen-bond acceptors (Lipinski definition) is 12. The van der Waals surface area contributed by atoms with Crippen molar-refractivity contribution in [3.05, 3.63) is 65.5 Å². The number of carbonyl (C=O) groups excluding carboxylic acids is 5. The molecule has 5 N–H and O–H groups in total. The molecule has 4 aromatic rings. The van der Waals surface area contributed by atoms with Gasteiger partial charge in [0, 0.05) is 43.7 Å². The van der Waals surface area contributed by atoms with Crippen molar-refractivity contribution in [1.29, 1.82) is 0 Å². The molecule has 0 unspecified atom stereocenters. The third-order valence-corrected chi connectivity index (χ3v) is 9.56. The number of piperazine rings is 1. The molecule has 1 saturated heterocycles. The van der Waals surface area contributed by atoms with Crippen LogP contribution in [0, 0.1) is 5.82 Å². The summed E-state index contributed by atoms with van der Waals surface area (Å²) in [5, 5.41) is 26.3. The number of carbonyl (C=O) groups is 6. The Balaban J connectivity index is 1.06. The monoisotopic (exact) mass is 835 g/mol. The Morgan fingerprint density at radius 3 is 2.30 bits per heavy atom. The van der Waals surface area contributed by atoms with Crippen LogP contribution < -0.4 is 16.4 Å². The number of carboxylic acid groups (broad SMARTS) is 1. The highest BCUT2D eigenvalue weighted by molar-refractivity contribution is 5.95. The van der Waals surface area contributed by atoms with Gasteiger partial charge < -0.3 is 40.7 Å². The minimum Gasteiger partial charge on any atom is -0.481 e. The Morgan fingerprint density at radius 1 is 0.950 bits per heavy atom. The third kappa shape index (κ3) is 11.6. The number of aliphatic carboxylic acids is 1. The van der Waals surface area contributed by atoms with Gasteiger partial charge in [-0.3, -0.25) is 28.8 Å². The van der Waals surface area contributed by atoms with Crippen LogP contribution in [0.15, 0.2) is 42.7 Å². The lowest BCUT2D eigenvalue weighted by Gasteiger charge is -2.46. The van der Waals surface area contributed by atoms with Crippen LogP contribution >= 0.6 is 0 Å². The van der Waals surface area contributed by atoms with E-state index in [-0.39, 0.29) is 94.1 Å². The van der Waals surface area contributed by atoms with Crippen molar-refractivity contribution in [2.24, 2.45) is 5.73 Å². The number of benzene rings is 1. The number of rotatable bonds is 18. The molecule has 1 aliphatic heterocycles. The maximum Gasteiger partial charge on any atom is 0.305 e. The zero-order valence-electron chi connectivity index (χ0n) is 34.1. The zero-order chi connectivity index (χ0) is 43.8. The van der Waals surface area contributed by atoms with E-state index < -0.39 is 47.6 Å². The number of aromatic nitrogens is 6. The van der Waals surface area contributed by atoms with E-state index in [1.54, 1.807) is 32.6 Å². The van der Waals surface area contributed by atoms with Gasteiger partial charge in [-0.1, -0.05) is 26.0 Å². The molecule has 0 bridgehead atoms. The summed E-state index contributed by atoms with van der Waals surface area (Å²) in [7, 11) is 0. The van der Waals surface area contributed by atoms with Crippen molar-refractivity contribution in [3.8, 4) is 11.3 Å². The van der Waals surface area contributed by atoms with E-state index in [2.05, 4.69) is 20.9 Å². The van der Waals surface area contributed by atoms with Gasteiger partial charge >= 0.3 is 5.97 Å². The van der Waals surface area contributed by atoms with Gasteiger partial charge in [-0.25, -0.2) is 18.6 Å². The van der Waals surface area contributed by atoms with Crippen molar-refractivity contribution in [2.75, 3.05) is 52.6 Å². The number of nitrogens with zero attached hydrogens (tertiary/aromatic N) is 8. The van der Waals surface area contributed by atoms with Crippen molar-refractivity contribution in [1.82, 2.24) is 50.0 Å². The van der Waals surface area contributed by atoms with Crippen LogP contribution in [0.5, 0.6) is 0 Å². The van der Waals surface area contributed by atoms with E-state index in [0.717, 1.165) is 11.1 Å². The maximum absolute atomic E-state index is 14.0. The molecule has 4 heterocycles. The number of nitrogens with two attached hydrogens (primary N) is 1. The first-order valence-electron chi connectivity index (χ1n) is 19.2. The van der Waals surface area contributed by atoms with E-state index in [9.17, 15) is 33.2 Å². The lowest BCUT2D eigenvalue weighted by atomic mass is 9.87. The standard InChI is InChI=1S/C39H50FN11O9/c1-38(2,3)26-18-27(24-6-8-25(40)9-7-24)46-51-21-29(44-35(26)51)37(58)50-13-12-48(23-39(50,4)5)36(57)30-20-49(47-45-30)22-32(53)42-11-15-60-17-16-59-14-10-31(52)43-28(34(41)56)19-33(54)55/h6-9,18,20-21,28H,10-17,19,22-23H2,1-5H3,(H2,41,56)(H,42,53)(H,43,52)(H,54,55)/t28-/m0/s1. The molecule has 21 heteroatoms. The molecule has 0 saturated carbocycles. The number of hydrogen-bond donors (Lipinski definition) is 4. The summed E-state index contributed by atoms with van der Waals surface area (Å²) in [6.07, 6.45) is 2.25. The number of primary amides is 1. The highest BCUT2D eigenvalue weighted by Crippen LogP contribution is 2.31. The van der Waals surface area contributed by atoms with Crippen LogP contribution in [-0.4, -0.2) is 144 Å². The molecular formula is C39H50FN11O9.